The lowest BCUT2D eigenvalue weighted by atomic mass is 10.3. The fourth-order valence-corrected chi connectivity index (χ4v) is 2.00. The van der Waals surface area contributed by atoms with Crippen LogP contribution < -0.4 is 10.1 Å². The Morgan fingerprint density at radius 2 is 1.84 bits per heavy atom. The molecule has 0 saturated carbocycles. The van der Waals surface area contributed by atoms with Crippen molar-refractivity contribution >= 4 is 23.2 Å². The Balaban J connectivity index is 2.12. The van der Waals surface area contributed by atoms with E-state index in [4.69, 9.17) is 27.9 Å². The van der Waals surface area contributed by atoms with Crippen LogP contribution in [0.15, 0.2) is 18.2 Å². The molecule has 5 heteroatoms. The van der Waals surface area contributed by atoms with Crippen LogP contribution in [-0.2, 0) is 0 Å². The lowest BCUT2D eigenvalue weighted by molar-refractivity contribution is 0.285. The first-order valence-electron chi connectivity index (χ1n) is 6.68. The van der Waals surface area contributed by atoms with E-state index in [1.807, 2.05) is 6.07 Å². The zero-order valence-electron chi connectivity index (χ0n) is 11.6. The molecule has 1 N–H and O–H groups in total. The lowest BCUT2D eigenvalue weighted by Gasteiger charge is -2.18. The molecule has 0 unspecified atom stereocenters. The molecule has 0 bridgehead atoms. The van der Waals surface area contributed by atoms with Gasteiger partial charge in [-0.1, -0.05) is 37.0 Å². The molecule has 0 aliphatic heterocycles. The molecule has 1 rings (SSSR count). The topological polar surface area (TPSA) is 24.5 Å². The number of nitrogens with zero attached hydrogens (tertiary/aromatic N) is 1. The van der Waals surface area contributed by atoms with Gasteiger partial charge in [0, 0.05) is 25.7 Å². The second-order valence-electron chi connectivity index (χ2n) is 4.20. The molecule has 3 nitrogen and oxygen atoms in total. The first kappa shape index (κ1) is 16.6. The van der Waals surface area contributed by atoms with Gasteiger partial charge in [-0.05, 0) is 25.2 Å². The Kier molecular flexibility index (Phi) is 8.22. The van der Waals surface area contributed by atoms with Gasteiger partial charge in [-0.2, -0.15) is 0 Å². The molecule has 0 aliphatic carbocycles. The smallest absolute Gasteiger partial charge is 0.120 e. The predicted molar refractivity (Wildman–Crippen MR) is 82.6 cm³/mol. The third kappa shape index (κ3) is 6.48. The summed E-state index contributed by atoms with van der Waals surface area (Å²) in [6.07, 6.45) is 0. The Morgan fingerprint density at radius 1 is 1.11 bits per heavy atom. The number of nitrogens with one attached hydrogen (secondary N) is 1. The van der Waals surface area contributed by atoms with Crippen LogP contribution in [0.4, 0.5) is 0 Å². The molecule has 1 aromatic rings. The fourth-order valence-electron chi connectivity index (χ4n) is 1.71. The normalized spacial score (nSPS) is 11.0. The highest BCUT2D eigenvalue weighted by Crippen LogP contribution is 2.26. The van der Waals surface area contributed by atoms with Gasteiger partial charge in [0.25, 0.3) is 0 Å². The molecule has 108 valence electrons. The summed E-state index contributed by atoms with van der Waals surface area (Å²) in [4.78, 5) is 2.38. The largest absolute Gasteiger partial charge is 0.492 e. The molecule has 0 aliphatic rings. The molecule has 0 fully saturated rings. The highest BCUT2D eigenvalue weighted by atomic mass is 35.5. The van der Waals surface area contributed by atoms with Crippen LogP contribution in [0, 0.1) is 0 Å². The van der Waals surface area contributed by atoms with Crippen molar-refractivity contribution < 1.29 is 4.74 Å². The summed E-state index contributed by atoms with van der Waals surface area (Å²) in [5, 5.41) is 4.42. The summed E-state index contributed by atoms with van der Waals surface area (Å²) in [7, 11) is 0. The number of hydrogen-bond acceptors (Lipinski definition) is 3. The monoisotopic (exact) mass is 304 g/mol. The number of rotatable bonds is 9. The van der Waals surface area contributed by atoms with Gasteiger partial charge in [0.2, 0.25) is 0 Å². The van der Waals surface area contributed by atoms with Crippen molar-refractivity contribution in [1.82, 2.24) is 10.2 Å². The maximum Gasteiger partial charge on any atom is 0.120 e. The van der Waals surface area contributed by atoms with Crippen LogP contribution in [0.1, 0.15) is 13.8 Å². The summed E-state index contributed by atoms with van der Waals surface area (Å²) in [6, 6.07) is 5.30. The number of ether oxygens (including phenoxy) is 1. The van der Waals surface area contributed by atoms with Crippen molar-refractivity contribution in [2.24, 2.45) is 0 Å². The molecular formula is C14H22Cl2N2O. The molecule has 0 spiro atoms. The first-order chi connectivity index (χ1) is 9.17. The average molecular weight is 305 g/mol. The van der Waals surface area contributed by atoms with E-state index in [1.54, 1.807) is 12.1 Å². The van der Waals surface area contributed by atoms with Gasteiger partial charge in [-0.3, -0.25) is 0 Å². The third-order valence-electron chi connectivity index (χ3n) is 2.94. The van der Waals surface area contributed by atoms with Crippen LogP contribution in [0.5, 0.6) is 5.75 Å². The summed E-state index contributed by atoms with van der Waals surface area (Å²) >= 11 is 11.7. The molecule has 0 radical (unpaired) electrons. The van der Waals surface area contributed by atoms with Gasteiger partial charge < -0.3 is 15.0 Å². The first-order valence-corrected chi connectivity index (χ1v) is 7.43. The highest BCUT2D eigenvalue weighted by Gasteiger charge is 2.00. The minimum Gasteiger partial charge on any atom is -0.492 e. The molecule has 0 aromatic heterocycles. The molecule has 0 atom stereocenters. The van der Waals surface area contributed by atoms with Crippen molar-refractivity contribution in [1.29, 1.82) is 0 Å². The predicted octanol–water partition coefficient (Wildman–Crippen LogP) is 3.30. The van der Waals surface area contributed by atoms with E-state index < -0.39 is 0 Å². The standard InChI is InChI=1S/C14H22Cl2N2O/c1-3-18(4-2)9-7-17-8-10-19-12-5-6-13(15)14(16)11-12/h5-6,11,17H,3-4,7-10H2,1-2H3. The van der Waals surface area contributed by atoms with Crippen molar-refractivity contribution in [2.75, 3.05) is 39.3 Å². The number of halogens is 2. The Hall–Kier alpha value is -0.480. The van der Waals surface area contributed by atoms with Crippen LogP contribution in [-0.4, -0.2) is 44.2 Å². The number of benzene rings is 1. The van der Waals surface area contributed by atoms with Gasteiger partial charge in [0.1, 0.15) is 12.4 Å². The van der Waals surface area contributed by atoms with Crippen molar-refractivity contribution in [3.63, 3.8) is 0 Å². The van der Waals surface area contributed by atoms with Gasteiger partial charge >= 0.3 is 0 Å². The third-order valence-corrected chi connectivity index (χ3v) is 3.68. The SMILES string of the molecule is CCN(CC)CCNCCOc1ccc(Cl)c(Cl)c1. The minimum atomic E-state index is 0.522. The van der Waals surface area contributed by atoms with E-state index in [2.05, 4.69) is 24.1 Å². The van der Waals surface area contributed by atoms with Crippen LogP contribution in [0.2, 0.25) is 10.0 Å². The molecular weight excluding hydrogens is 283 g/mol. The summed E-state index contributed by atoms with van der Waals surface area (Å²) in [5.74, 6) is 0.750. The fraction of sp³-hybridized carbons (Fsp3) is 0.571. The second kappa shape index (κ2) is 9.43. The van der Waals surface area contributed by atoms with Gasteiger partial charge in [0.05, 0.1) is 10.0 Å². The van der Waals surface area contributed by atoms with E-state index in [0.29, 0.717) is 16.7 Å². The highest BCUT2D eigenvalue weighted by molar-refractivity contribution is 6.42. The van der Waals surface area contributed by atoms with Crippen molar-refractivity contribution in [2.45, 2.75) is 13.8 Å². The summed E-state index contributed by atoms with van der Waals surface area (Å²) in [5.41, 5.74) is 0. The van der Waals surface area contributed by atoms with E-state index in [9.17, 15) is 0 Å². The quantitative estimate of drug-likeness (QED) is 0.709. The van der Waals surface area contributed by atoms with Crippen LogP contribution in [0.25, 0.3) is 0 Å². The Labute approximate surface area is 125 Å². The van der Waals surface area contributed by atoms with E-state index in [0.717, 1.165) is 38.5 Å². The molecule has 19 heavy (non-hydrogen) atoms. The summed E-state index contributed by atoms with van der Waals surface area (Å²) in [6.45, 7) is 10.0. The van der Waals surface area contributed by atoms with Crippen LogP contribution in [0.3, 0.4) is 0 Å². The lowest BCUT2D eigenvalue weighted by Crippen LogP contribution is -2.33. The zero-order valence-corrected chi connectivity index (χ0v) is 13.1. The van der Waals surface area contributed by atoms with E-state index in [-0.39, 0.29) is 0 Å². The van der Waals surface area contributed by atoms with Crippen molar-refractivity contribution in [3.8, 4) is 5.75 Å². The Bertz CT molecular complexity index is 370. The zero-order chi connectivity index (χ0) is 14.1. The summed E-state index contributed by atoms with van der Waals surface area (Å²) < 4.78 is 5.58. The van der Waals surface area contributed by atoms with Gasteiger partial charge in [-0.15, -0.1) is 0 Å². The van der Waals surface area contributed by atoms with Gasteiger partial charge in [-0.25, -0.2) is 0 Å². The number of hydrogen-bond donors (Lipinski definition) is 1. The maximum atomic E-state index is 5.91. The second-order valence-corrected chi connectivity index (χ2v) is 5.02. The molecule has 0 amide bonds. The van der Waals surface area contributed by atoms with Gasteiger partial charge in [0.15, 0.2) is 0 Å². The average Bonchev–Trinajstić information content (AvgIpc) is 2.42. The molecule has 0 heterocycles. The number of likely N-dealkylation sites (N-methyl/N-ethyl adjacent to an activating group) is 1. The maximum absolute atomic E-state index is 5.91. The Morgan fingerprint density at radius 3 is 2.47 bits per heavy atom. The molecule has 1 aromatic carbocycles. The minimum absolute atomic E-state index is 0.522. The van der Waals surface area contributed by atoms with Crippen molar-refractivity contribution in [3.05, 3.63) is 28.2 Å². The van der Waals surface area contributed by atoms with E-state index in [1.165, 1.54) is 0 Å². The molecule has 0 saturated heterocycles. The van der Waals surface area contributed by atoms with Crippen LogP contribution >= 0.6 is 23.2 Å². The van der Waals surface area contributed by atoms with E-state index >= 15 is 0 Å².